The van der Waals surface area contributed by atoms with Crippen LogP contribution >= 0.6 is 0 Å². The highest BCUT2D eigenvalue weighted by atomic mass is 16.5. The van der Waals surface area contributed by atoms with Crippen molar-refractivity contribution in [2.24, 2.45) is 5.41 Å². The number of carboxylic acid groups (broad SMARTS) is 1. The average Bonchev–Trinajstić information content (AvgIpc) is 2.42. The van der Waals surface area contributed by atoms with Gasteiger partial charge in [0.15, 0.2) is 5.60 Å². The van der Waals surface area contributed by atoms with E-state index in [0.717, 1.165) is 6.42 Å². The molecule has 0 aromatic carbocycles. The number of hydrogen-bond acceptors (Lipinski definition) is 2. The molecule has 0 radical (unpaired) electrons. The van der Waals surface area contributed by atoms with E-state index < -0.39 is 11.6 Å². The van der Waals surface area contributed by atoms with Crippen LogP contribution in [0.15, 0.2) is 0 Å². The van der Waals surface area contributed by atoms with Crippen molar-refractivity contribution in [3.8, 4) is 0 Å². The predicted octanol–water partition coefficient (Wildman–Crippen LogP) is 1.03. The Labute approximate surface area is 65.4 Å². The molecule has 2 rings (SSSR count). The van der Waals surface area contributed by atoms with Gasteiger partial charge in [-0.3, -0.25) is 0 Å². The van der Waals surface area contributed by atoms with Gasteiger partial charge in [-0.25, -0.2) is 4.79 Å². The molecule has 1 heterocycles. The summed E-state index contributed by atoms with van der Waals surface area (Å²) in [6.45, 7) is 2.73. The molecule has 2 atom stereocenters. The summed E-state index contributed by atoms with van der Waals surface area (Å²) in [7, 11) is 0. The summed E-state index contributed by atoms with van der Waals surface area (Å²) in [5, 5.41) is 8.88. The Hall–Kier alpha value is -0.570. The molecule has 62 valence electrons. The number of hydrogen-bond donors (Lipinski definition) is 1. The standard InChI is InChI=1S/C8H12O3/c1-7-2-3-8(4-7,6(9)10)11-5-7/h2-5H2,1H3,(H,9,10). The number of rotatable bonds is 1. The van der Waals surface area contributed by atoms with Gasteiger partial charge in [-0.05, 0) is 24.7 Å². The molecule has 1 saturated carbocycles. The lowest BCUT2D eigenvalue weighted by Crippen LogP contribution is -2.36. The third-order valence-electron chi connectivity index (χ3n) is 2.93. The first-order valence-corrected chi connectivity index (χ1v) is 3.94. The molecule has 2 bridgehead atoms. The van der Waals surface area contributed by atoms with Gasteiger partial charge in [0.2, 0.25) is 0 Å². The lowest BCUT2D eigenvalue weighted by atomic mass is 9.90. The van der Waals surface area contributed by atoms with Crippen LogP contribution in [0.4, 0.5) is 0 Å². The first-order chi connectivity index (χ1) is 5.06. The molecule has 3 nitrogen and oxygen atoms in total. The van der Waals surface area contributed by atoms with Crippen molar-refractivity contribution in [1.29, 1.82) is 0 Å². The second-order valence-corrected chi connectivity index (χ2v) is 4.08. The average molecular weight is 156 g/mol. The van der Waals surface area contributed by atoms with Gasteiger partial charge >= 0.3 is 5.97 Å². The SMILES string of the molecule is CC12CCC(C(=O)O)(C1)OC2. The van der Waals surface area contributed by atoms with Crippen LogP contribution in [-0.4, -0.2) is 23.3 Å². The van der Waals surface area contributed by atoms with E-state index in [1.54, 1.807) is 0 Å². The van der Waals surface area contributed by atoms with E-state index in [9.17, 15) is 4.79 Å². The Morgan fingerprint density at radius 3 is 2.45 bits per heavy atom. The summed E-state index contributed by atoms with van der Waals surface area (Å²) in [6.07, 6.45) is 2.40. The van der Waals surface area contributed by atoms with Gasteiger partial charge in [0.25, 0.3) is 0 Å². The molecule has 0 amide bonds. The second-order valence-electron chi connectivity index (χ2n) is 4.08. The minimum Gasteiger partial charge on any atom is -0.479 e. The molecule has 2 aliphatic rings. The molecule has 3 heteroatoms. The van der Waals surface area contributed by atoms with Gasteiger partial charge in [-0.1, -0.05) is 6.92 Å². The number of ether oxygens (including phenoxy) is 1. The first-order valence-electron chi connectivity index (χ1n) is 3.94. The van der Waals surface area contributed by atoms with E-state index in [4.69, 9.17) is 9.84 Å². The van der Waals surface area contributed by atoms with Crippen molar-refractivity contribution in [3.05, 3.63) is 0 Å². The van der Waals surface area contributed by atoms with Crippen LogP contribution in [0.25, 0.3) is 0 Å². The smallest absolute Gasteiger partial charge is 0.335 e. The lowest BCUT2D eigenvalue weighted by Gasteiger charge is -2.22. The zero-order valence-electron chi connectivity index (χ0n) is 6.59. The Morgan fingerprint density at radius 1 is 1.55 bits per heavy atom. The van der Waals surface area contributed by atoms with E-state index in [-0.39, 0.29) is 5.41 Å². The quantitative estimate of drug-likeness (QED) is 0.616. The van der Waals surface area contributed by atoms with E-state index >= 15 is 0 Å². The Kier molecular flexibility index (Phi) is 1.15. The molecule has 1 saturated heterocycles. The summed E-state index contributed by atoms with van der Waals surface area (Å²) in [6, 6.07) is 0. The molecule has 1 N–H and O–H groups in total. The summed E-state index contributed by atoms with van der Waals surface area (Å²) in [4.78, 5) is 10.8. The van der Waals surface area contributed by atoms with Crippen molar-refractivity contribution in [2.75, 3.05) is 6.61 Å². The van der Waals surface area contributed by atoms with Crippen molar-refractivity contribution < 1.29 is 14.6 Å². The number of carbonyl (C=O) groups is 1. The minimum atomic E-state index is -0.811. The van der Waals surface area contributed by atoms with Gasteiger partial charge in [0.1, 0.15) is 0 Å². The highest BCUT2D eigenvalue weighted by Gasteiger charge is 2.57. The molecule has 2 fully saturated rings. The molecular weight excluding hydrogens is 144 g/mol. The number of fused-ring (bicyclic) bond motifs is 2. The highest BCUT2D eigenvalue weighted by Crippen LogP contribution is 2.52. The van der Waals surface area contributed by atoms with E-state index in [0.29, 0.717) is 19.4 Å². The normalized spacial score (nSPS) is 48.1. The van der Waals surface area contributed by atoms with Crippen LogP contribution in [0, 0.1) is 5.41 Å². The molecule has 0 spiro atoms. The van der Waals surface area contributed by atoms with Crippen molar-refractivity contribution in [2.45, 2.75) is 31.8 Å². The monoisotopic (exact) mass is 156 g/mol. The third-order valence-corrected chi connectivity index (χ3v) is 2.93. The van der Waals surface area contributed by atoms with Crippen molar-refractivity contribution in [3.63, 3.8) is 0 Å². The lowest BCUT2D eigenvalue weighted by molar-refractivity contribution is -0.161. The maximum Gasteiger partial charge on any atom is 0.335 e. The van der Waals surface area contributed by atoms with Crippen molar-refractivity contribution in [1.82, 2.24) is 0 Å². The summed E-state index contributed by atoms with van der Waals surface area (Å²) < 4.78 is 5.30. The molecule has 2 unspecified atom stereocenters. The minimum absolute atomic E-state index is 0.151. The van der Waals surface area contributed by atoms with Gasteiger partial charge in [0, 0.05) is 0 Å². The van der Waals surface area contributed by atoms with E-state index in [1.165, 1.54) is 0 Å². The summed E-state index contributed by atoms with van der Waals surface area (Å²) >= 11 is 0. The second kappa shape index (κ2) is 1.78. The summed E-state index contributed by atoms with van der Waals surface area (Å²) in [5.41, 5.74) is -0.660. The van der Waals surface area contributed by atoms with E-state index in [2.05, 4.69) is 6.92 Å². The fourth-order valence-electron chi connectivity index (χ4n) is 2.17. The van der Waals surface area contributed by atoms with Gasteiger partial charge in [-0.15, -0.1) is 0 Å². The Bertz CT molecular complexity index is 201. The maximum atomic E-state index is 10.8. The van der Waals surface area contributed by atoms with Crippen LogP contribution < -0.4 is 0 Å². The van der Waals surface area contributed by atoms with Crippen LogP contribution in [-0.2, 0) is 9.53 Å². The molecular formula is C8H12O3. The predicted molar refractivity (Wildman–Crippen MR) is 38.3 cm³/mol. The van der Waals surface area contributed by atoms with Gasteiger partial charge in [0.05, 0.1) is 6.61 Å². The van der Waals surface area contributed by atoms with E-state index in [1.807, 2.05) is 0 Å². The molecule has 1 aliphatic heterocycles. The van der Waals surface area contributed by atoms with Gasteiger partial charge in [-0.2, -0.15) is 0 Å². The van der Waals surface area contributed by atoms with Crippen molar-refractivity contribution >= 4 is 5.97 Å². The number of aliphatic carboxylic acids is 1. The van der Waals surface area contributed by atoms with Gasteiger partial charge < -0.3 is 9.84 Å². The summed E-state index contributed by atoms with van der Waals surface area (Å²) in [5.74, 6) is -0.779. The fourth-order valence-corrected chi connectivity index (χ4v) is 2.17. The third kappa shape index (κ3) is 0.805. The highest BCUT2D eigenvalue weighted by molar-refractivity contribution is 5.78. The maximum absolute atomic E-state index is 10.8. The zero-order chi connectivity index (χ0) is 8.11. The first kappa shape index (κ1) is 7.10. The topological polar surface area (TPSA) is 46.5 Å². The van der Waals surface area contributed by atoms with Crippen LogP contribution in [0.5, 0.6) is 0 Å². The molecule has 11 heavy (non-hydrogen) atoms. The van der Waals surface area contributed by atoms with Crippen LogP contribution in [0.1, 0.15) is 26.2 Å². The fraction of sp³-hybridized carbons (Fsp3) is 0.875. The Morgan fingerprint density at radius 2 is 2.27 bits per heavy atom. The van der Waals surface area contributed by atoms with Crippen LogP contribution in [0.2, 0.25) is 0 Å². The van der Waals surface area contributed by atoms with Crippen LogP contribution in [0.3, 0.4) is 0 Å². The molecule has 1 aliphatic carbocycles. The zero-order valence-corrected chi connectivity index (χ0v) is 6.59. The Balaban J connectivity index is 2.27. The number of carboxylic acids is 1. The molecule has 0 aromatic heterocycles. The largest absolute Gasteiger partial charge is 0.479 e. The molecule has 0 aromatic rings.